The summed E-state index contributed by atoms with van der Waals surface area (Å²) in [4.78, 5) is 41.6. The quantitative estimate of drug-likeness (QED) is 0.460. The zero-order chi connectivity index (χ0) is 23.8. The van der Waals surface area contributed by atoms with Crippen molar-refractivity contribution in [1.29, 1.82) is 0 Å². The van der Waals surface area contributed by atoms with Crippen LogP contribution in [0.1, 0.15) is 29.1 Å². The van der Waals surface area contributed by atoms with E-state index in [-0.39, 0.29) is 19.3 Å². The molecule has 1 aromatic carbocycles. The molecule has 0 unspecified atom stereocenters. The largest absolute Gasteiger partial charge is 0.489 e. The van der Waals surface area contributed by atoms with Crippen molar-refractivity contribution in [3.05, 3.63) is 59.1 Å². The minimum absolute atomic E-state index is 0.0245. The van der Waals surface area contributed by atoms with Gasteiger partial charge in [0.2, 0.25) is 0 Å². The number of alkyl carbamates (subject to hydrolysis) is 1. The molecule has 0 aliphatic heterocycles. The monoisotopic (exact) mass is 471 g/mol. The topological polar surface area (TPSA) is 116 Å². The third-order valence-electron chi connectivity index (χ3n) is 4.42. The first-order valence-corrected chi connectivity index (χ1v) is 11.1. The van der Waals surface area contributed by atoms with Crippen molar-refractivity contribution in [2.45, 2.75) is 32.6 Å². The summed E-state index contributed by atoms with van der Waals surface area (Å²) in [5, 5.41) is 5.07. The minimum atomic E-state index is -1.12. The van der Waals surface area contributed by atoms with Crippen molar-refractivity contribution in [3.63, 3.8) is 0 Å². The first kappa shape index (κ1) is 24.0. The predicted molar refractivity (Wildman–Crippen MR) is 123 cm³/mol. The second kappa shape index (κ2) is 11.3. The lowest BCUT2D eigenvalue weighted by molar-refractivity contribution is -0.142. The molecule has 1 atom stereocenters. The normalized spacial score (nSPS) is 11.6. The second-order valence-electron chi connectivity index (χ2n) is 7.29. The Hall–Kier alpha value is -3.66. The van der Waals surface area contributed by atoms with Crippen LogP contribution in [0.2, 0.25) is 0 Å². The van der Waals surface area contributed by atoms with Gasteiger partial charge >= 0.3 is 12.1 Å². The van der Waals surface area contributed by atoms with E-state index in [9.17, 15) is 14.4 Å². The molecule has 2 aromatic heterocycles. The van der Waals surface area contributed by atoms with Gasteiger partial charge in [0.15, 0.2) is 0 Å². The smallest absolute Gasteiger partial charge is 0.408 e. The molecule has 3 aromatic rings. The zero-order valence-corrected chi connectivity index (χ0v) is 19.3. The number of hydrogen-bond acceptors (Lipinski definition) is 8. The van der Waals surface area contributed by atoms with Gasteiger partial charge in [0, 0.05) is 12.7 Å². The Bertz CT molecular complexity index is 1120. The molecule has 0 aliphatic rings. The number of benzene rings is 1. The maximum absolute atomic E-state index is 12.7. The molecule has 0 saturated carbocycles. The van der Waals surface area contributed by atoms with E-state index >= 15 is 0 Å². The van der Waals surface area contributed by atoms with Gasteiger partial charge in [0.25, 0.3) is 5.91 Å². The Morgan fingerprint density at radius 1 is 1.12 bits per heavy atom. The van der Waals surface area contributed by atoms with Crippen LogP contribution in [0.25, 0.3) is 10.2 Å². The van der Waals surface area contributed by atoms with E-state index in [1.807, 2.05) is 44.2 Å². The van der Waals surface area contributed by atoms with Crippen molar-refractivity contribution in [3.8, 4) is 5.75 Å². The molecule has 174 valence electrons. The fourth-order valence-corrected chi connectivity index (χ4v) is 3.89. The first-order chi connectivity index (χ1) is 15.9. The number of nitrogens with zero attached hydrogens (tertiary/aromatic N) is 1. The summed E-state index contributed by atoms with van der Waals surface area (Å²) in [7, 11) is 1.20. The van der Waals surface area contributed by atoms with E-state index in [1.165, 1.54) is 18.4 Å². The van der Waals surface area contributed by atoms with Gasteiger partial charge in [0.05, 0.1) is 28.3 Å². The molecule has 2 N–H and O–H groups in total. The molecule has 0 spiro atoms. The van der Waals surface area contributed by atoms with E-state index in [4.69, 9.17) is 14.2 Å². The SMILES string of the molecule is COC(=O)[C@@H](CNC(=O)c1cc2nccc(OC(C)C)c2s1)NC(=O)OCc1ccccc1. The van der Waals surface area contributed by atoms with Gasteiger partial charge in [-0.3, -0.25) is 9.78 Å². The number of esters is 1. The number of fused-ring (bicyclic) bond motifs is 1. The highest BCUT2D eigenvalue weighted by Crippen LogP contribution is 2.32. The van der Waals surface area contributed by atoms with E-state index in [0.29, 0.717) is 16.1 Å². The summed E-state index contributed by atoms with van der Waals surface area (Å²) < 4.78 is 16.4. The number of amides is 2. The highest BCUT2D eigenvalue weighted by Gasteiger charge is 2.24. The van der Waals surface area contributed by atoms with Gasteiger partial charge in [-0.2, -0.15) is 0 Å². The lowest BCUT2D eigenvalue weighted by Gasteiger charge is -2.17. The third kappa shape index (κ3) is 6.66. The molecule has 9 nitrogen and oxygen atoms in total. The van der Waals surface area contributed by atoms with Crippen LogP contribution in [0, 0.1) is 0 Å². The number of carbonyl (C=O) groups is 3. The molecule has 2 heterocycles. The molecule has 0 radical (unpaired) electrons. The summed E-state index contributed by atoms with van der Waals surface area (Å²) in [6.07, 6.45) is 0.792. The Kier molecular flexibility index (Phi) is 8.20. The average Bonchev–Trinajstić information content (AvgIpc) is 3.25. The zero-order valence-electron chi connectivity index (χ0n) is 18.5. The number of pyridine rings is 1. The number of hydrogen-bond donors (Lipinski definition) is 2. The Balaban J connectivity index is 1.61. The maximum atomic E-state index is 12.7. The number of rotatable bonds is 9. The fraction of sp³-hybridized carbons (Fsp3) is 0.304. The second-order valence-corrected chi connectivity index (χ2v) is 8.34. The molecular formula is C23H25N3O6S. The number of methoxy groups -OCH3 is 1. The Labute approximate surface area is 195 Å². The number of ether oxygens (including phenoxy) is 3. The van der Waals surface area contributed by atoms with Crippen molar-refractivity contribution in [2.75, 3.05) is 13.7 Å². The molecule has 0 saturated heterocycles. The highest BCUT2D eigenvalue weighted by molar-refractivity contribution is 7.21. The molecule has 0 aliphatic carbocycles. The molecule has 10 heteroatoms. The molecule has 3 rings (SSSR count). The van der Waals surface area contributed by atoms with Crippen LogP contribution in [0.3, 0.4) is 0 Å². The molecule has 0 fully saturated rings. The van der Waals surface area contributed by atoms with Crippen molar-refractivity contribution in [1.82, 2.24) is 15.6 Å². The van der Waals surface area contributed by atoms with Crippen LogP contribution in [-0.2, 0) is 20.9 Å². The van der Waals surface area contributed by atoms with Crippen molar-refractivity contribution in [2.24, 2.45) is 0 Å². The summed E-state index contributed by atoms with van der Waals surface area (Å²) in [6.45, 7) is 3.70. The number of thiophene rings is 1. The lowest BCUT2D eigenvalue weighted by Crippen LogP contribution is -2.49. The van der Waals surface area contributed by atoms with Crippen LogP contribution in [-0.4, -0.2) is 48.8 Å². The number of carbonyl (C=O) groups excluding carboxylic acids is 3. The molecule has 0 bridgehead atoms. The maximum Gasteiger partial charge on any atom is 0.408 e. The molecule has 33 heavy (non-hydrogen) atoms. The first-order valence-electron chi connectivity index (χ1n) is 10.3. The fourth-order valence-electron chi connectivity index (χ4n) is 2.90. The number of nitrogens with one attached hydrogen (secondary N) is 2. The van der Waals surface area contributed by atoms with Crippen LogP contribution in [0.4, 0.5) is 4.79 Å². The van der Waals surface area contributed by atoms with Crippen LogP contribution in [0.15, 0.2) is 48.7 Å². The summed E-state index contributed by atoms with van der Waals surface area (Å²) in [5.41, 5.74) is 1.44. The Morgan fingerprint density at radius 3 is 2.58 bits per heavy atom. The predicted octanol–water partition coefficient (Wildman–Crippen LogP) is 3.28. The average molecular weight is 472 g/mol. The van der Waals surface area contributed by atoms with Gasteiger partial charge in [-0.05, 0) is 31.5 Å². The van der Waals surface area contributed by atoms with Crippen LogP contribution < -0.4 is 15.4 Å². The summed E-state index contributed by atoms with van der Waals surface area (Å²) in [5.74, 6) is -0.478. The van der Waals surface area contributed by atoms with Gasteiger partial charge in [0.1, 0.15) is 18.4 Å². The van der Waals surface area contributed by atoms with Gasteiger partial charge in [-0.15, -0.1) is 11.3 Å². The third-order valence-corrected chi connectivity index (χ3v) is 5.56. The lowest BCUT2D eigenvalue weighted by atomic mass is 10.2. The van der Waals surface area contributed by atoms with E-state index in [1.54, 1.807) is 18.3 Å². The highest BCUT2D eigenvalue weighted by atomic mass is 32.1. The van der Waals surface area contributed by atoms with Crippen LogP contribution >= 0.6 is 11.3 Å². The van der Waals surface area contributed by atoms with Crippen molar-refractivity contribution >= 4 is 39.5 Å². The Morgan fingerprint density at radius 2 is 1.88 bits per heavy atom. The standard InChI is InChI=1S/C23H25N3O6S/c1-14(2)32-18-9-10-24-16-11-19(33-20(16)18)21(27)25-12-17(22(28)30-3)26-23(29)31-13-15-7-5-4-6-8-15/h4-11,14,17H,12-13H2,1-3H3,(H,25,27)(H,26,29)/t17-/m1/s1. The van der Waals surface area contributed by atoms with Gasteiger partial charge in [-0.1, -0.05) is 30.3 Å². The van der Waals surface area contributed by atoms with E-state index < -0.39 is 24.0 Å². The van der Waals surface area contributed by atoms with Crippen LogP contribution in [0.5, 0.6) is 5.75 Å². The molecular weight excluding hydrogens is 446 g/mol. The molecule has 2 amide bonds. The van der Waals surface area contributed by atoms with Crippen molar-refractivity contribution < 1.29 is 28.6 Å². The van der Waals surface area contributed by atoms with Gasteiger partial charge < -0.3 is 24.8 Å². The summed E-state index contributed by atoms with van der Waals surface area (Å²) in [6, 6.07) is 11.4. The van der Waals surface area contributed by atoms with E-state index in [0.717, 1.165) is 10.3 Å². The van der Waals surface area contributed by atoms with E-state index in [2.05, 4.69) is 15.6 Å². The summed E-state index contributed by atoms with van der Waals surface area (Å²) >= 11 is 1.23. The minimum Gasteiger partial charge on any atom is -0.489 e. The number of aromatic nitrogens is 1. The van der Waals surface area contributed by atoms with Gasteiger partial charge in [-0.25, -0.2) is 9.59 Å².